The Hall–Kier alpha value is -1.89. The van der Waals surface area contributed by atoms with Gasteiger partial charge in [-0.1, -0.05) is 0 Å². The number of piperidine rings is 1. The molecule has 27 heavy (non-hydrogen) atoms. The molecule has 1 aliphatic heterocycles. The molecule has 2 amide bonds. The van der Waals surface area contributed by atoms with Crippen molar-refractivity contribution in [3.05, 3.63) is 16.0 Å². The molecule has 0 radical (unpaired) electrons. The summed E-state index contributed by atoms with van der Waals surface area (Å²) in [5.74, 6) is -0.869. The van der Waals surface area contributed by atoms with Crippen molar-refractivity contribution in [1.29, 1.82) is 0 Å². The van der Waals surface area contributed by atoms with Crippen LogP contribution in [0, 0.1) is 0 Å². The summed E-state index contributed by atoms with van der Waals surface area (Å²) in [6.45, 7) is 5.26. The molecule has 1 aliphatic carbocycles. The van der Waals surface area contributed by atoms with Crippen molar-refractivity contribution in [2.75, 3.05) is 11.9 Å². The van der Waals surface area contributed by atoms with E-state index in [-0.39, 0.29) is 30.5 Å². The topological polar surface area (TPSA) is 75.7 Å². The first-order chi connectivity index (χ1) is 12.9. The van der Waals surface area contributed by atoms with E-state index in [9.17, 15) is 14.4 Å². The molecule has 1 aromatic rings. The molecule has 1 saturated heterocycles. The van der Waals surface area contributed by atoms with Crippen LogP contribution in [0.1, 0.15) is 73.7 Å². The van der Waals surface area contributed by atoms with Crippen LogP contribution in [0.5, 0.6) is 0 Å². The fraction of sp³-hybridized carbons (Fsp3) is 0.650. The Kier molecular flexibility index (Phi) is 6.19. The molecule has 0 bridgehead atoms. The van der Waals surface area contributed by atoms with Gasteiger partial charge in [0, 0.05) is 23.9 Å². The molecular weight excluding hydrogens is 364 g/mol. The number of hydrogen-bond acceptors (Lipinski definition) is 5. The summed E-state index contributed by atoms with van der Waals surface area (Å²) in [5.41, 5.74) is 1.42. The second-order valence-corrected chi connectivity index (χ2v) is 8.71. The summed E-state index contributed by atoms with van der Waals surface area (Å²) in [6, 6.07) is 0.340. The van der Waals surface area contributed by atoms with E-state index < -0.39 is 5.97 Å². The molecule has 6 nitrogen and oxygen atoms in total. The number of anilines is 1. The lowest BCUT2D eigenvalue weighted by Gasteiger charge is -2.38. The van der Waals surface area contributed by atoms with Crippen LogP contribution in [0.3, 0.4) is 0 Å². The molecule has 0 saturated carbocycles. The van der Waals surface area contributed by atoms with Crippen molar-refractivity contribution in [2.24, 2.45) is 0 Å². The molecule has 7 heteroatoms. The monoisotopic (exact) mass is 392 g/mol. The van der Waals surface area contributed by atoms with Gasteiger partial charge in [0.15, 0.2) is 6.61 Å². The lowest BCUT2D eigenvalue weighted by atomic mass is 9.95. The molecule has 1 fully saturated rings. The molecular formula is C20H28N2O4S. The number of likely N-dealkylation sites (tertiary alicyclic amines) is 1. The SMILES string of the molecule is CC(=O)Nc1sc2c(c1C(=O)OCC(=O)N1[C@@H](C)CCC[C@@H]1C)CCCC2. The Morgan fingerprint density at radius 1 is 1.11 bits per heavy atom. The summed E-state index contributed by atoms with van der Waals surface area (Å²) < 4.78 is 5.41. The van der Waals surface area contributed by atoms with Crippen LogP contribution in [0.4, 0.5) is 5.00 Å². The van der Waals surface area contributed by atoms with Gasteiger partial charge in [0.2, 0.25) is 5.91 Å². The van der Waals surface area contributed by atoms with E-state index in [1.54, 1.807) is 0 Å². The number of ether oxygens (including phenoxy) is 1. The molecule has 0 unspecified atom stereocenters. The second-order valence-electron chi connectivity index (χ2n) is 7.60. The highest BCUT2D eigenvalue weighted by Crippen LogP contribution is 2.38. The predicted octanol–water partition coefficient (Wildman–Crippen LogP) is 3.53. The highest BCUT2D eigenvalue weighted by atomic mass is 32.1. The zero-order chi connectivity index (χ0) is 19.6. The number of carbonyl (C=O) groups excluding carboxylic acids is 3. The number of nitrogens with zero attached hydrogens (tertiary/aromatic N) is 1. The summed E-state index contributed by atoms with van der Waals surface area (Å²) >= 11 is 1.45. The van der Waals surface area contributed by atoms with E-state index in [0.29, 0.717) is 10.6 Å². The highest BCUT2D eigenvalue weighted by Gasteiger charge is 2.31. The first-order valence-corrected chi connectivity index (χ1v) is 10.6. The minimum atomic E-state index is -0.510. The first kappa shape index (κ1) is 19.9. The van der Waals surface area contributed by atoms with Gasteiger partial charge >= 0.3 is 5.97 Å². The lowest BCUT2D eigenvalue weighted by Crippen LogP contribution is -2.49. The zero-order valence-electron chi connectivity index (χ0n) is 16.3. The first-order valence-electron chi connectivity index (χ1n) is 9.79. The number of aryl methyl sites for hydroxylation is 1. The largest absolute Gasteiger partial charge is 0.452 e. The smallest absolute Gasteiger partial charge is 0.341 e. The third-order valence-corrected chi connectivity index (χ3v) is 6.68. The number of thiophene rings is 1. The Balaban J connectivity index is 1.73. The van der Waals surface area contributed by atoms with Gasteiger partial charge in [-0.3, -0.25) is 9.59 Å². The summed E-state index contributed by atoms with van der Waals surface area (Å²) in [4.78, 5) is 39.9. The van der Waals surface area contributed by atoms with Gasteiger partial charge in [-0.2, -0.15) is 0 Å². The number of nitrogens with one attached hydrogen (secondary N) is 1. The van der Waals surface area contributed by atoms with Gasteiger partial charge in [0.25, 0.3) is 5.91 Å². The number of rotatable bonds is 4. The Morgan fingerprint density at radius 2 is 1.78 bits per heavy atom. The van der Waals surface area contributed by atoms with Crippen LogP contribution < -0.4 is 5.32 Å². The van der Waals surface area contributed by atoms with Gasteiger partial charge in [0.1, 0.15) is 5.00 Å². The number of fused-ring (bicyclic) bond motifs is 1. The summed E-state index contributed by atoms with van der Waals surface area (Å²) in [5, 5.41) is 3.31. The van der Waals surface area contributed by atoms with Gasteiger partial charge in [-0.15, -0.1) is 11.3 Å². The molecule has 2 heterocycles. The van der Waals surface area contributed by atoms with Crippen molar-refractivity contribution in [1.82, 2.24) is 4.90 Å². The maximum absolute atomic E-state index is 12.8. The van der Waals surface area contributed by atoms with Crippen molar-refractivity contribution in [3.8, 4) is 0 Å². The minimum Gasteiger partial charge on any atom is -0.452 e. The normalized spacial score (nSPS) is 22.1. The van der Waals surface area contributed by atoms with Crippen molar-refractivity contribution in [2.45, 2.75) is 77.8 Å². The van der Waals surface area contributed by atoms with Gasteiger partial charge < -0.3 is 15.0 Å². The predicted molar refractivity (Wildman–Crippen MR) is 105 cm³/mol. The van der Waals surface area contributed by atoms with Crippen LogP contribution in [0.15, 0.2) is 0 Å². The summed E-state index contributed by atoms with van der Waals surface area (Å²) in [7, 11) is 0. The van der Waals surface area contributed by atoms with Crippen LogP contribution in [0.2, 0.25) is 0 Å². The van der Waals surface area contributed by atoms with E-state index in [0.717, 1.165) is 55.4 Å². The van der Waals surface area contributed by atoms with E-state index in [2.05, 4.69) is 5.32 Å². The molecule has 0 aromatic carbocycles. The van der Waals surface area contributed by atoms with Crippen LogP contribution in [-0.2, 0) is 27.2 Å². The van der Waals surface area contributed by atoms with Gasteiger partial charge in [0.05, 0.1) is 5.56 Å². The number of hydrogen-bond donors (Lipinski definition) is 1. The van der Waals surface area contributed by atoms with Crippen LogP contribution in [-0.4, -0.2) is 41.4 Å². The zero-order valence-corrected chi connectivity index (χ0v) is 17.1. The van der Waals surface area contributed by atoms with E-state index in [4.69, 9.17) is 4.74 Å². The minimum absolute atomic E-state index is 0.145. The molecule has 3 rings (SSSR count). The Labute approximate surface area is 164 Å². The van der Waals surface area contributed by atoms with Crippen molar-refractivity contribution in [3.63, 3.8) is 0 Å². The van der Waals surface area contributed by atoms with E-state index in [1.807, 2.05) is 18.7 Å². The standard InChI is InChI=1S/C20H28N2O4S/c1-12-7-6-8-13(2)22(12)17(24)11-26-20(25)18-15-9-4-5-10-16(15)27-19(18)21-14(3)23/h12-13H,4-11H2,1-3H3,(H,21,23)/t12-,13-/m0/s1. The van der Waals surface area contributed by atoms with Gasteiger partial charge in [-0.05, 0) is 64.4 Å². The number of carbonyl (C=O) groups is 3. The number of esters is 1. The van der Waals surface area contributed by atoms with Crippen LogP contribution >= 0.6 is 11.3 Å². The Bertz CT molecular complexity index is 733. The maximum Gasteiger partial charge on any atom is 0.341 e. The van der Waals surface area contributed by atoms with Crippen LogP contribution in [0.25, 0.3) is 0 Å². The summed E-state index contributed by atoms with van der Waals surface area (Å²) in [6.07, 6.45) is 6.91. The third-order valence-electron chi connectivity index (χ3n) is 5.47. The average Bonchev–Trinajstić information content (AvgIpc) is 2.96. The fourth-order valence-electron chi connectivity index (χ4n) is 4.22. The molecule has 0 spiro atoms. The highest BCUT2D eigenvalue weighted by molar-refractivity contribution is 7.17. The lowest BCUT2D eigenvalue weighted by molar-refractivity contribution is -0.140. The van der Waals surface area contributed by atoms with Crippen molar-refractivity contribution < 1.29 is 19.1 Å². The quantitative estimate of drug-likeness (QED) is 0.796. The fourth-order valence-corrected chi connectivity index (χ4v) is 5.54. The molecule has 148 valence electrons. The second kappa shape index (κ2) is 8.42. The molecule has 1 aromatic heterocycles. The maximum atomic E-state index is 12.8. The van der Waals surface area contributed by atoms with Crippen molar-refractivity contribution >= 4 is 34.1 Å². The van der Waals surface area contributed by atoms with Gasteiger partial charge in [-0.25, -0.2) is 4.79 Å². The third kappa shape index (κ3) is 4.34. The molecule has 2 aliphatic rings. The average molecular weight is 393 g/mol. The molecule has 1 N–H and O–H groups in total. The van der Waals surface area contributed by atoms with E-state index in [1.165, 1.54) is 18.3 Å². The number of amides is 2. The van der Waals surface area contributed by atoms with E-state index >= 15 is 0 Å². The Morgan fingerprint density at radius 3 is 2.44 bits per heavy atom. The molecule has 2 atom stereocenters.